The maximum atomic E-state index is 11.0. The van der Waals surface area contributed by atoms with Crippen LogP contribution >= 0.6 is 15.9 Å². The van der Waals surface area contributed by atoms with Crippen LogP contribution in [0, 0.1) is 0 Å². The second-order valence-electron chi connectivity index (χ2n) is 4.52. The van der Waals surface area contributed by atoms with Crippen molar-refractivity contribution in [3.05, 3.63) is 58.1 Å². The standard InChI is InChI=1S/C16H17BrN2O2/c1-2-19-10-12-9-13(17)5-8-15(12)21-14-6-3-11(4-7-14)16(18)20/h3-9,19H,2,10H2,1H3,(H2,18,20). The highest BCUT2D eigenvalue weighted by molar-refractivity contribution is 9.10. The highest BCUT2D eigenvalue weighted by atomic mass is 79.9. The van der Waals surface area contributed by atoms with E-state index in [0.717, 1.165) is 28.9 Å². The molecule has 0 fully saturated rings. The molecule has 0 aliphatic heterocycles. The van der Waals surface area contributed by atoms with Crippen LogP contribution in [0.5, 0.6) is 11.5 Å². The first-order chi connectivity index (χ1) is 10.1. The maximum Gasteiger partial charge on any atom is 0.248 e. The van der Waals surface area contributed by atoms with Gasteiger partial charge in [-0.1, -0.05) is 22.9 Å². The molecule has 0 spiro atoms. The molecular formula is C16H17BrN2O2. The Morgan fingerprint density at radius 1 is 1.24 bits per heavy atom. The lowest BCUT2D eigenvalue weighted by molar-refractivity contribution is 0.100. The molecule has 0 heterocycles. The molecule has 2 aromatic rings. The van der Waals surface area contributed by atoms with Gasteiger partial charge in [0, 0.05) is 22.1 Å². The zero-order chi connectivity index (χ0) is 15.2. The van der Waals surface area contributed by atoms with Crippen molar-refractivity contribution in [3.8, 4) is 11.5 Å². The quantitative estimate of drug-likeness (QED) is 0.840. The van der Waals surface area contributed by atoms with Crippen LogP contribution in [-0.4, -0.2) is 12.5 Å². The van der Waals surface area contributed by atoms with Crippen molar-refractivity contribution in [2.24, 2.45) is 5.73 Å². The highest BCUT2D eigenvalue weighted by Gasteiger charge is 2.07. The van der Waals surface area contributed by atoms with Crippen LogP contribution in [0.4, 0.5) is 0 Å². The van der Waals surface area contributed by atoms with Gasteiger partial charge in [0.05, 0.1) is 0 Å². The number of hydrogen-bond acceptors (Lipinski definition) is 3. The van der Waals surface area contributed by atoms with Gasteiger partial charge in [-0.3, -0.25) is 4.79 Å². The number of halogens is 1. The molecule has 4 nitrogen and oxygen atoms in total. The molecule has 5 heteroatoms. The molecule has 0 bridgehead atoms. The minimum Gasteiger partial charge on any atom is -0.457 e. The summed E-state index contributed by atoms with van der Waals surface area (Å²) in [4.78, 5) is 11.0. The predicted octanol–water partition coefficient (Wildman–Crippen LogP) is 3.45. The van der Waals surface area contributed by atoms with Crippen LogP contribution < -0.4 is 15.8 Å². The average molecular weight is 349 g/mol. The second-order valence-corrected chi connectivity index (χ2v) is 5.44. The summed E-state index contributed by atoms with van der Waals surface area (Å²) in [5.41, 5.74) is 6.74. The third-order valence-corrected chi connectivity index (χ3v) is 3.45. The molecular weight excluding hydrogens is 332 g/mol. The summed E-state index contributed by atoms with van der Waals surface area (Å²) in [7, 11) is 0. The number of nitrogens with one attached hydrogen (secondary N) is 1. The Morgan fingerprint density at radius 2 is 1.95 bits per heavy atom. The highest BCUT2D eigenvalue weighted by Crippen LogP contribution is 2.28. The van der Waals surface area contributed by atoms with Crippen LogP contribution in [0.25, 0.3) is 0 Å². The zero-order valence-corrected chi connectivity index (χ0v) is 13.3. The maximum absolute atomic E-state index is 11.0. The van der Waals surface area contributed by atoms with Gasteiger partial charge in [0.25, 0.3) is 0 Å². The van der Waals surface area contributed by atoms with E-state index in [1.54, 1.807) is 24.3 Å². The SMILES string of the molecule is CCNCc1cc(Br)ccc1Oc1ccc(C(N)=O)cc1. The third kappa shape index (κ3) is 4.31. The van der Waals surface area contributed by atoms with Gasteiger partial charge in [-0.2, -0.15) is 0 Å². The van der Waals surface area contributed by atoms with Gasteiger partial charge in [0.2, 0.25) is 5.91 Å². The summed E-state index contributed by atoms with van der Waals surface area (Å²) in [6.45, 7) is 3.67. The van der Waals surface area contributed by atoms with Gasteiger partial charge in [-0.05, 0) is 49.0 Å². The predicted molar refractivity (Wildman–Crippen MR) is 86.6 cm³/mol. The Kier molecular flexibility index (Phi) is 5.36. The summed E-state index contributed by atoms with van der Waals surface area (Å²) in [6.07, 6.45) is 0. The van der Waals surface area contributed by atoms with Gasteiger partial charge in [0.15, 0.2) is 0 Å². The molecule has 0 atom stereocenters. The summed E-state index contributed by atoms with van der Waals surface area (Å²) in [5.74, 6) is 1.00. The van der Waals surface area contributed by atoms with Crippen LogP contribution in [0.2, 0.25) is 0 Å². The minimum absolute atomic E-state index is 0.446. The first kappa shape index (κ1) is 15.5. The van der Waals surface area contributed by atoms with Gasteiger partial charge in [0.1, 0.15) is 11.5 Å². The molecule has 0 aromatic heterocycles. The second kappa shape index (κ2) is 7.24. The lowest BCUT2D eigenvalue weighted by atomic mass is 10.2. The number of carbonyl (C=O) groups is 1. The van der Waals surface area contributed by atoms with E-state index in [9.17, 15) is 4.79 Å². The van der Waals surface area contributed by atoms with Gasteiger partial charge in [-0.15, -0.1) is 0 Å². The van der Waals surface area contributed by atoms with E-state index in [2.05, 4.69) is 28.2 Å². The average Bonchev–Trinajstić information content (AvgIpc) is 2.48. The molecule has 1 amide bonds. The van der Waals surface area contributed by atoms with Crippen molar-refractivity contribution >= 4 is 21.8 Å². The first-order valence-corrected chi connectivity index (χ1v) is 7.46. The monoisotopic (exact) mass is 348 g/mol. The molecule has 0 aliphatic carbocycles. The number of benzene rings is 2. The number of rotatable bonds is 6. The molecule has 2 rings (SSSR count). The van der Waals surface area contributed by atoms with Crippen molar-refractivity contribution in [1.82, 2.24) is 5.32 Å². The first-order valence-electron chi connectivity index (χ1n) is 6.67. The van der Waals surface area contributed by atoms with Gasteiger partial charge in [-0.25, -0.2) is 0 Å². The number of carbonyl (C=O) groups excluding carboxylic acids is 1. The van der Waals surface area contributed by atoms with E-state index in [0.29, 0.717) is 11.3 Å². The van der Waals surface area contributed by atoms with Crippen molar-refractivity contribution in [1.29, 1.82) is 0 Å². The molecule has 0 unspecified atom stereocenters. The molecule has 0 radical (unpaired) electrons. The minimum atomic E-state index is -0.446. The van der Waals surface area contributed by atoms with Crippen molar-refractivity contribution in [2.45, 2.75) is 13.5 Å². The van der Waals surface area contributed by atoms with E-state index in [-0.39, 0.29) is 0 Å². The van der Waals surface area contributed by atoms with E-state index < -0.39 is 5.91 Å². The zero-order valence-electron chi connectivity index (χ0n) is 11.7. The van der Waals surface area contributed by atoms with E-state index in [1.165, 1.54) is 0 Å². The smallest absolute Gasteiger partial charge is 0.248 e. The Balaban J connectivity index is 2.19. The molecule has 21 heavy (non-hydrogen) atoms. The Bertz CT molecular complexity index is 627. The lowest BCUT2D eigenvalue weighted by Gasteiger charge is -2.12. The van der Waals surface area contributed by atoms with Crippen LogP contribution in [0.15, 0.2) is 46.9 Å². The molecule has 3 N–H and O–H groups in total. The van der Waals surface area contributed by atoms with Crippen LogP contribution in [0.3, 0.4) is 0 Å². The molecule has 110 valence electrons. The molecule has 0 aliphatic rings. The fourth-order valence-corrected chi connectivity index (χ4v) is 2.27. The van der Waals surface area contributed by atoms with Crippen molar-refractivity contribution in [2.75, 3.05) is 6.54 Å². The summed E-state index contributed by atoms with van der Waals surface area (Å²) >= 11 is 3.46. The van der Waals surface area contributed by atoms with Crippen LogP contribution in [0.1, 0.15) is 22.8 Å². The van der Waals surface area contributed by atoms with E-state index in [1.807, 2.05) is 18.2 Å². The lowest BCUT2D eigenvalue weighted by Crippen LogP contribution is -2.12. The summed E-state index contributed by atoms with van der Waals surface area (Å²) in [6, 6.07) is 12.6. The Morgan fingerprint density at radius 3 is 2.57 bits per heavy atom. The fraction of sp³-hybridized carbons (Fsp3) is 0.188. The van der Waals surface area contributed by atoms with Gasteiger partial charge >= 0.3 is 0 Å². The molecule has 0 saturated carbocycles. The molecule has 0 saturated heterocycles. The number of primary amides is 1. The van der Waals surface area contributed by atoms with E-state index in [4.69, 9.17) is 10.5 Å². The van der Waals surface area contributed by atoms with Crippen molar-refractivity contribution in [3.63, 3.8) is 0 Å². The summed E-state index contributed by atoms with van der Waals surface area (Å²) in [5, 5.41) is 3.28. The van der Waals surface area contributed by atoms with Crippen molar-refractivity contribution < 1.29 is 9.53 Å². The number of hydrogen-bond donors (Lipinski definition) is 2. The third-order valence-electron chi connectivity index (χ3n) is 2.95. The Hall–Kier alpha value is -1.85. The summed E-state index contributed by atoms with van der Waals surface area (Å²) < 4.78 is 6.89. The number of amides is 1. The Labute approximate surface area is 132 Å². The van der Waals surface area contributed by atoms with E-state index >= 15 is 0 Å². The fourth-order valence-electron chi connectivity index (χ4n) is 1.86. The number of ether oxygens (including phenoxy) is 1. The largest absolute Gasteiger partial charge is 0.457 e. The normalized spacial score (nSPS) is 10.4. The topological polar surface area (TPSA) is 64.3 Å². The van der Waals surface area contributed by atoms with Crippen LogP contribution in [-0.2, 0) is 6.54 Å². The number of nitrogens with two attached hydrogens (primary N) is 1. The van der Waals surface area contributed by atoms with Gasteiger partial charge < -0.3 is 15.8 Å². The molecule has 2 aromatic carbocycles.